The Morgan fingerprint density at radius 2 is 1.12 bits per heavy atom. The van der Waals surface area contributed by atoms with Gasteiger partial charge in [-0.05, 0) is 129 Å². The Balaban J connectivity index is 0.000000214. The fourth-order valence-corrected chi connectivity index (χ4v) is 8.36. The summed E-state index contributed by atoms with van der Waals surface area (Å²) in [7, 11) is 0. The normalized spacial score (nSPS) is 13.0. The maximum Gasteiger partial charge on any atom is 0.255 e. The zero-order chi connectivity index (χ0) is 44.4. The predicted molar refractivity (Wildman–Crippen MR) is 245 cm³/mol. The van der Waals surface area contributed by atoms with Gasteiger partial charge in [-0.15, -0.1) is 22.7 Å². The Bertz CT molecular complexity index is 2260. The van der Waals surface area contributed by atoms with Gasteiger partial charge in [0.15, 0.2) is 10.9 Å². The smallest absolute Gasteiger partial charge is 0.255 e. The van der Waals surface area contributed by atoms with Crippen molar-refractivity contribution in [2.75, 3.05) is 5.73 Å². The second-order valence-corrected chi connectivity index (χ2v) is 19.6. The first-order valence-corrected chi connectivity index (χ1v) is 22.3. The molecule has 11 nitrogen and oxygen atoms in total. The molecule has 6 aromatic rings. The number of nitrogen functional groups attached to an aromatic ring is 1. The molecular formula is C44H54Cl3N7O4S2. The molecule has 60 heavy (non-hydrogen) atoms. The number of alkyl halides is 3. The van der Waals surface area contributed by atoms with Crippen LogP contribution in [-0.4, -0.2) is 56.6 Å². The van der Waals surface area contributed by atoms with Crippen molar-refractivity contribution in [1.82, 2.24) is 29.1 Å². The van der Waals surface area contributed by atoms with Crippen LogP contribution >= 0.6 is 57.5 Å². The van der Waals surface area contributed by atoms with E-state index in [0.717, 1.165) is 27.5 Å². The molecule has 6 heterocycles. The summed E-state index contributed by atoms with van der Waals surface area (Å²) in [5.41, 5.74) is 9.71. The van der Waals surface area contributed by atoms with Gasteiger partial charge in [-0.2, -0.15) is 0 Å². The molecule has 0 bridgehead atoms. The first-order valence-electron chi connectivity index (χ1n) is 19.4. The Morgan fingerprint density at radius 3 is 1.55 bits per heavy atom. The second kappa shape index (κ2) is 21.2. The quantitative estimate of drug-likeness (QED) is 0.0835. The number of pyridine rings is 2. The highest BCUT2D eigenvalue weighted by atomic mass is 35.6. The molecule has 0 spiro atoms. The van der Waals surface area contributed by atoms with Crippen molar-refractivity contribution in [2.24, 2.45) is 0 Å². The van der Waals surface area contributed by atoms with Crippen molar-refractivity contribution >= 4 is 74.2 Å². The summed E-state index contributed by atoms with van der Waals surface area (Å²) in [5.74, 6) is -0.474. The van der Waals surface area contributed by atoms with E-state index in [4.69, 9.17) is 50.0 Å². The van der Waals surface area contributed by atoms with E-state index in [1.54, 1.807) is 47.7 Å². The van der Waals surface area contributed by atoms with E-state index < -0.39 is 15.2 Å². The van der Waals surface area contributed by atoms with Crippen LogP contribution in [0.25, 0.3) is 0 Å². The summed E-state index contributed by atoms with van der Waals surface area (Å²) in [6.07, 6.45) is 11.3. The summed E-state index contributed by atoms with van der Waals surface area (Å²) in [6.45, 7) is 20.1. The van der Waals surface area contributed by atoms with Gasteiger partial charge in [0.1, 0.15) is 16.2 Å². The molecule has 2 atom stereocenters. The lowest BCUT2D eigenvalue weighted by atomic mass is 10.1. The van der Waals surface area contributed by atoms with E-state index in [2.05, 4.69) is 26.9 Å². The minimum atomic E-state index is -1.95. The third-order valence-corrected chi connectivity index (χ3v) is 11.3. The van der Waals surface area contributed by atoms with Gasteiger partial charge in [-0.1, -0.05) is 34.8 Å². The number of nitrogens with zero attached hydrogens (tertiary/aromatic N) is 6. The maximum absolute atomic E-state index is 13.0. The molecule has 0 aromatic carbocycles. The number of ether oxygens (including phenoxy) is 2. The molecule has 6 aromatic heterocycles. The van der Waals surface area contributed by atoms with Crippen molar-refractivity contribution in [1.29, 1.82) is 0 Å². The molecule has 0 saturated heterocycles. The van der Waals surface area contributed by atoms with Crippen molar-refractivity contribution in [2.45, 2.75) is 115 Å². The van der Waals surface area contributed by atoms with E-state index in [9.17, 15) is 9.59 Å². The Kier molecular flexibility index (Phi) is 17.2. The monoisotopic (exact) mass is 913 g/mol. The number of carbonyl (C=O) groups is 2. The van der Waals surface area contributed by atoms with Crippen LogP contribution in [0, 0.1) is 0 Å². The molecule has 0 radical (unpaired) electrons. The highest BCUT2D eigenvalue weighted by molar-refractivity contribution is 7.13. The Hall–Kier alpha value is -3.95. The van der Waals surface area contributed by atoms with E-state index in [1.807, 2.05) is 120 Å². The van der Waals surface area contributed by atoms with Crippen LogP contribution in [0.4, 0.5) is 5.13 Å². The maximum atomic E-state index is 13.0. The molecule has 16 heteroatoms. The number of ketones is 2. The van der Waals surface area contributed by atoms with E-state index in [0.29, 0.717) is 16.5 Å². The summed E-state index contributed by atoms with van der Waals surface area (Å²) in [4.78, 5) is 41.9. The highest BCUT2D eigenvalue weighted by Gasteiger charge is 2.34. The average molecular weight is 915 g/mol. The number of nitrogens with two attached hydrogens (primary N) is 1. The summed E-state index contributed by atoms with van der Waals surface area (Å²) >= 11 is 19.9. The van der Waals surface area contributed by atoms with Crippen molar-refractivity contribution < 1.29 is 19.1 Å². The van der Waals surface area contributed by atoms with Gasteiger partial charge in [0.05, 0.1) is 53.5 Å². The van der Waals surface area contributed by atoms with Crippen LogP contribution in [-0.2, 0) is 27.1 Å². The highest BCUT2D eigenvalue weighted by Crippen LogP contribution is 2.33. The number of hydrogen-bond acceptors (Lipinski definition) is 11. The summed E-state index contributed by atoms with van der Waals surface area (Å²) in [6, 6.07) is 14.9. The topological polar surface area (TPSA) is 140 Å². The molecule has 2 N–H and O–H groups in total. The fraction of sp³-hybridized carbons (Fsp3) is 0.409. The number of hydrogen-bond donors (Lipinski definition) is 1. The van der Waals surface area contributed by atoms with E-state index >= 15 is 0 Å². The van der Waals surface area contributed by atoms with Gasteiger partial charge < -0.3 is 24.3 Å². The lowest BCUT2D eigenvalue weighted by Crippen LogP contribution is -2.26. The largest absolute Gasteiger partial charge is 0.375 e. The number of rotatable bonds is 14. The first kappa shape index (κ1) is 48.7. The lowest BCUT2D eigenvalue weighted by Gasteiger charge is -2.25. The predicted octanol–water partition coefficient (Wildman–Crippen LogP) is 11.5. The molecule has 0 aliphatic carbocycles. The van der Waals surface area contributed by atoms with Crippen LogP contribution < -0.4 is 5.73 Å². The van der Waals surface area contributed by atoms with Crippen LogP contribution in [0.15, 0.2) is 96.5 Å². The third kappa shape index (κ3) is 13.5. The van der Waals surface area contributed by atoms with Crippen molar-refractivity contribution in [3.63, 3.8) is 0 Å². The molecular weight excluding hydrogens is 861 g/mol. The van der Waals surface area contributed by atoms with Crippen molar-refractivity contribution in [3.8, 4) is 0 Å². The molecule has 0 aliphatic heterocycles. The molecule has 0 fully saturated rings. The summed E-state index contributed by atoms with van der Waals surface area (Å²) in [5, 5.41) is 5.33. The molecule has 0 aliphatic rings. The van der Waals surface area contributed by atoms with Crippen LogP contribution in [0.3, 0.4) is 0 Å². The van der Waals surface area contributed by atoms with Crippen molar-refractivity contribution in [3.05, 3.63) is 135 Å². The number of aromatic nitrogens is 6. The molecule has 322 valence electrons. The van der Waals surface area contributed by atoms with E-state index in [1.165, 1.54) is 22.7 Å². The summed E-state index contributed by atoms with van der Waals surface area (Å²) < 4.78 is 13.5. The first-order chi connectivity index (χ1) is 28.1. The van der Waals surface area contributed by atoms with Crippen LogP contribution in [0.1, 0.15) is 130 Å². The Morgan fingerprint density at radius 1 is 0.683 bits per heavy atom. The third-order valence-electron chi connectivity index (χ3n) is 9.23. The van der Waals surface area contributed by atoms with Crippen LogP contribution in [0.2, 0.25) is 0 Å². The molecule has 0 saturated carbocycles. The number of anilines is 1. The minimum Gasteiger partial charge on any atom is -0.375 e. The number of thiazole rings is 2. The van der Waals surface area contributed by atoms with Gasteiger partial charge in [-0.3, -0.25) is 19.6 Å². The molecule has 6 rings (SSSR count). The van der Waals surface area contributed by atoms with Gasteiger partial charge in [0.25, 0.3) is 3.79 Å². The standard InChI is InChI=1S/C22H27N3O2S.C13H11Cl3N2O.C9H16N2OS/c1-15(2)27-22(4,5)20-14-28-21(24-20)13-19(26)18-7-6-12-25(18)16(3)17-8-10-23-11-9-17;1-9(10-4-6-17-7-5-10)18-8-2-3-11(18)12(19)13(14,15)16;1-6(2)12-9(3,4)7-5-13-8(10)11-7/h6-12,14-16H,13H2,1-5H3;2-9H,1H3;5-6H,1-4H3,(H2,10,11). The SMILES string of the molecule is CC(C)OC(C)(C)c1csc(CC(=O)c2cccn2C(C)c2ccncc2)n1.CC(C)OC(C)(C)c1csc(N)n1.CC(c1ccncc1)n1cccc1C(=O)C(Cl)(Cl)Cl. The van der Waals surface area contributed by atoms with Gasteiger partial charge in [-0.25, -0.2) is 9.97 Å². The van der Waals surface area contributed by atoms with Gasteiger partial charge in [0.2, 0.25) is 5.78 Å². The minimum absolute atomic E-state index is 0.0516. The second-order valence-electron chi connectivity index (χ2n) is 15.5. The number of halogens is 3. The average Bonchev–Trinajstić information content (AvgIpc) is 4.02. The van der Waals surface area contributed by atoms with Crippen LogP contribution in [0.5, 0.6) is 0 Å². The lowest BCUT2D eigenvalue weighted by molar-refractivity contribution is -0.0627. The molecule has 0 amide bonds. The fourth-order valence-electron chi connectivity index (χ4n) is 6.40. The molecule has 2 unspecified atom stereocenters. The zero-order valence-corrected chi connectivity index (χ0v) is 39.5. The number of Topliss-reactive ketones (excluding diaryl/α,β-unsaturated/α-hetero) is 2. The van der Waals surface area contributed by atoms with E-state index in [-0.39, 0.29) is 42.1 Å². The van der Waals surface area contributed by atoms with Gasteiger partial charge in [0, 0.05) is 47.9 Å². The Labute approximate surface area is 376 Å². The zero-order valence-electron chi connectivity index (χ0n) is 35.6. The van der Waals surface area contributed by atoms with Gasteiger partial charge >= 0.3 is 0 Å². The number of carbonyl (C=O) groups excluding carboxylic acids is 2.